The summed E-state index contributed by atoms with van der Waals surface area (Å²) in [6, 6.07) is 9.36. The van der Waals surface area contributed by atoms with Crippen LogP contribution in [0.25, 0.3) is 10.9 Å². The molecule has 4 rings (SSSR count). The number of ether oxygens (including phenoxy) is 1. The average molecular weight is 390 g/mol. The molecule has 0 radical (unpaired) electrons. The molecule has 2 aliphatic carbocycles. The Balaban J connectivity index is 1.51. The lowest BCUT2D eigenvalue weighted by Gasteiger charge is -2.41. The number of aromatic nitrogens is 1. The van der Waals surface area contributed by atoms with Crippen molar-refractivity contribution < 1.29 is 13.2 Å². The van der Waals surface area contributed by atoms with Crippen LogP contribution < -0.4 is 10.0 Å². The molecule has 0 saturated heterocycles. The van der Waals surface area contributed by atoms with Crippen molar-refractivity contribution in [2.45, 2.75) is 68.0 Å². The summed E-state index contributed by atoms with van der Waals surface area (Å²) in [5, 5.41) is 4.24. The van der Waals surface area contributed by atoms with Crippen LogP contribution in [0.1, 0.15) is 45.4 Å². The van der Waals surface area contributed by atoms with Gasteiger partial charge in [-0.25, -0.2) is 18.1 Å². The van der Waals surface area contributed by atoms with Gasteiger partial charge in [-0.15, -0.1) is 0 Å². The highest BCUT2D eigenvalue weighted by Gasteiger charge is 2.39. The second kappa shape index (κ2) is 7.04. The highest BCUT2D eigenvalue weighted by Crippen LogP contribution is 2.36. The second-order valence-corrected chi connectivity index (χ2v) is 9.50. The third-order valence-corrected chi connectivity index (χ3v) is 7.67. The number of hydrogen-bond acceptors (Lipinski definition) is 5. The molecule has 2 aromatic rings. The molecule has 1 heterocycles. The second-order valence-electron chi connectivity index (χ2n) is 7.81. The Labute approximate surface area is 160 Å². The molecule has 27 heavy (non-hydrogen) atoms. The van der Waals surface area contributed by atoms with Crippen molar-refractivity contribution in [2.24, 2.45) is 0 Å². The number of methoxy groups -OCH3 is 1. The van der Waals surface area contributed by atoms with E-state index in [1.54, 1.807) is 25.3 Å². The lowest BCUT2D eigenvalue weighted by Crippen LogP contribution is -2.52. The van der Waals surface area contributed by atoms with E-state index in [0.717, 1.165) is 55.2 Å². The van der Waals surface area contributed by atoms with Crippen molar-refractivity contribution in [2.75, 3.05) is 12.4 Å². The largest absolute Gasteiger partial charge is 0.381 e. The van der Waals surface area contributed by atoms with Crippen LogP contribution in [0, 0.1) is 0 Å². The van der Waals surface area contributed by atoms with Crippen molar-refractivity contribution in [1.82, 2.24) is 9.71 Å². The molecule has 0 atom stereocenters. The van der Waals surface area contributed by atoms with E-state index in [2.05, 4.69) is 15.0 Å². The normalized spacial score (nSPS) is 24.2. The summed E-state index contributed by atoms with van der Waals surface area (Å²) in [5.41, 5.74) is 0.526. The standard InChI is InChI=1S/C20H27N3O3S/c1-3-20(9-4-10-20)23-27(24,25)17-6-7-18-14(11-17)5-8-19(22-18)21-15-12-16(13-15)26-2/h5-8,11,15-16,23H,3-4,9-10,12-13H2,1-2H3,(H,21,22). The van der Waals surface area contributed by atoms with Gasteiger partial charge in [-0.3, -0.25) is 0 Å². The summed E-state index contributed by atoms with van der Waals surface area (Å²) in [7, 11) is -1.78. The Kier molecular flexibility index (Phi) is 4.86. The van der Waals surface area contributed by atoms with Crippen LogP contribution >= 0.6 is 0 Å². The Morgan fingerprint density at radius 3 is 2.63 bits per heavy atom. The third kappa shape index (κ3) is 3.68. The number of anilines is 1. The minimum absolute atomic E-state index is 0.261. The summed E-state index contributed by atoms with van der Waals surface area (Å²) in [6.07, 6.45) is 6.04. The zero-order chi connectivity index (χ0) is 19.1. The molecule has 2 fully saturated rings. The first-order valence-electron chi connectivity index (χ1n) is 9.67. The van der Waals surface area contributed by atoms with Gasteiger partial charge in [0, 0.05) is 24.1 Å². The molecule has 1 aromatic heterocycles. The summed E-state index contributed by atoms with van der Waals surface area (Å²) in [5.74, 6) is 0.815. The van der Waals surface area contributed by atoms with Gasteiger partial charge in [0.2, 0.25) is 10.0 Å². The number of pyridine rings is 1. The van der Waals surface area contributed by atoms with Gasteiger partial charge in [0.05, 0.1) is 16.5 Å². The molecule has 6 nitrogen and oxygen atoms in total. The lowest BCUT2D eigenvalue weighted by atomic mass is 9.76. The zero-order valence-electron chi connectivity index (χ0n) is 15.9. The highest BCUT2D eigenvalue weighted by molar-refractivity contribution is 7.89. The van der Waals surface area contributed by atoms with Gasteiger partial charge in [0.15, 0.2) is 0 Å². The maximum atomic E-state index is 12.8. The third-order valence-electron chi connectivity index (χ3n) is 6.09. The fourth-order valence-corrected chi connectivity index (χ4v) is 5.48. The van der Waals surface area contributed by atoms with Crippen LogP contribution in [0.15, 0.2) is 35.2 Å². The minimum atomic E-state index is -3.52. The van der Waals surface area contributed by atoms with E-state index >= 15 is 0 Å². The van der Waals surface area contributed by atoms with E-state index in [1.165, 1.54) is 0 Å². The zero-order valence-corrected chi connectivity index (χ0v) is 16.7. The number of fused-ring (bicyclic) bond motifs is 1. The quantitative estimate of drug-likeness (QED) is 0.758. The van der Waals surface area contributed by atoms with Gasteiger partial charge in [-0.1, -0.05) is 6.92 Å². The highest BCUT2D eigenvalue weighted by atomic mass is 32.2. The van der Waals surface area contributed by atoms with Gasteiger partial charge in [-0.05, 0) is 68.9 Å². The molecule has 2 aliphatic rings. The van der Waals surface area contributed by atoms with Crippen LogP contribution in [-0.2, 0) is 14.8 Å². The van der Waals surface area contributed by atoms with Crippen molar-refractivity contribution in [3.63, 3.8) is 0 Å². The fourth-order valence-electron chi connectivity index (χ4n) is 3.91. The molecule has 146 valence electrons. The molecular formula is C20H27N3O3S. The van der Waals surface area contributed by atoms with Gasteiger partial charge in [0.1, 0.15) is 5.82 Å². The molecule has 1 aromatic carbocycles. The molecule has 0 amide bonds. The number of hydrogen-bond donors (Lipinski definition) is 2. The number of benzene rings is 1. The average Bonchev–Trinajstić information content (AvgIpc) is 2.60. The number of nitrogens with one attached hydrogen (secondary N) is 2. The molecule has 0 spiro atoms. The van der Waals surface area contributed by atoms with Crippen LogP contribution in [0.2, 0.25) is 0 Å². The Morgan fingerprint density at radius 1 is 1.22 bits per heavy atom. The van der Waals surface area contributed by atoms with Crippen LogP contribution in [0.4, 0.5) is 5.82 Å². The van der Waals surface area contributed by atoms with Crippen LogP contribution in [-0.4, -0.2) is 38.2 Å². The maximum absolute atomic E-state index is 12.8. The summed E-state index contributed by atoms with van der Waals surface area (Å²) < 4.78 is 33.8. The minimum Gasteiger partial charge on any atom is -0.381 e. The summed E-state index contributed by atoms with van der Waals surface area (Å²) >= 11 is 0. The molecule has 2 saturated carbocycles. The smallest absolute Gasteiger partial charge is 0.241 e. The molecule has 2 N–H and O–H groups in total. The van der Waals surface area contributed by atoms with Crippen molar-refractivity contribution in [1.29, 1.82) is 0 Å². The van der Waals surface area contributed by atoms with Crippen LogP contribution in [0.3, 0.4) is 0 Å². The lowest BCUT2D eigenvalue weighted by molar-refractivity contribution is 0.0328. The first-order valence-corrected chi connectivity index (χ1v) is 11.2. The van der Waals surface area contributed by atoms with E-state index < -0.39 is 10.0 Å². The van der Waals surface area contributed by atoms with E-state index in [9.17, 15) is 8.42 Å². The predicted molar refractivity (Wildman–Crippen MR) is 106 cm³/mol. The van der Waals surface area contributed by atoms with Crippen LogP contribution in [0.5, 0.6) is 0 Å². The van der Waals surface area contributed by atoms with Gasteiger partial charge in [-0.2, -0.15) is 0 Å². The predicted octanol–water partition coefficient (Wildman–Crippen LogP) is 3.44. The Bertz CT molecular complexity index is 929. The van der Waals surface area contributed by atoms with Gasteiger partial charge >= 0.3 is 0 Å². The Morgan fingerprint density at radius 2 is 2.00 bits per heavy atom. The molecular weight excluding hydrogens is 362 g/mol. The van der Waals surface area contributed by atoms with E-state index in [-0.39, 0.29) is 5.54 Å². The number of sulfonamides is 1. The van der Waals surface area contributed by atoms with E-state index in [1.807, 2.05) is 19.1 Å². The monoisotopic (exact) mass is 389 g/mol. The maximum Gasteiger partial charge on any atom is 0.241 e. The number of rotatable bonds is 7. The molecule has 7 heteroatoms. The van der Waals surface area contributed by atoms with Gasteiger partial charge in [0.25, 0.3) is 0 Å². The molecule has 0 unspecified atom stereocenters. The molecule has 0 bridgehead atoms. The first-order chi connectivity index (χ1) is 12.9. The summed E-state index contributed by atoms with van der Waals surface area (Å²) in [4.78, 5) is 4.93. The fraction of sp³-hybridized carbons (Fsp3) is 0.550. The topological polar surface area (TPSA) is 80.3 Å². The van der Waals surface area contributed by atoms with E-state index in [4.69, 9.17) is 4.74 Å². The van der Waals surface area contributed by atoms with Crippen molar-refractivity contribution >= 4 is 26.7 Å². The SMILES string of the molecule is CCC1(NS(=O)(=O)c2ccc3nc(NC4CC(OC)C4)ccc3c2)CCC1. The van der Waals surface area contributed by atoms with E-state index in [0.29, 0.717) is 17.0 Å². The summed E-state index contributed by atoms with van der Waals surface area (Å²) in [6.45, 7) is 2.04. The first kappa shape index (κ1) is 18.7. The molecule has 0 aliphatic heterocycles. The van der Waals surface area contributed by atoms with Crippen molar-refractivity contribution in [3.8, 4) is 0 Å². The van der Waals surface area contributed by atoms with Gasteiger partial charge < -0.3 is 10.1 Å². The van der Waals surface area contributed by atoms with Crippen molar-refractivity contribution in [3.05, 3.63) is 30.3 Å². The number of nitrogens with zero attached hydrogens (tertiary/aromatic N) is 1. The Hall–Kier alpha value is -1.70.